The number of nitrogens with one attached hydrogen (secondary N) is 2. The van der Waals surface area contributed by atoms with E-state index in [1.165, 1.54) is 6.07 Å². The van der Waals surface area contributed by atoms with E-state index in [0.717, 1.165) is 24.2 Å². The van der Waals surface area contributed by atoms with Crippen molar-refractivity contribution in [1.82, 2.24) is 15.3 Å². The molecule has 0 amide bonds. The zero-order chi connectivity index (χ0) is 13.2. The van der Waals surface area contributed by atoms with Crippen LogP contribution in [-0.2, 0) is 13.0 Å². The number of halogens is 1. The summed E-state index contributed by atoms with van der Waals surface area (Å²) in [5, 5.41) is 6.09. The molecule has 0 unspecified atom stereocenters. The Morgan fingerprint density at radius 1 is 1.26 bits per heavy atom. The number of anilines is 3. The molecule has 1 aromatic heterocycles. The molecule has 98 valence electrons. The molecule has 0 bridgehead atoms. The van der Waals surface area contributed by atoms with Gasteiger partial charge in [0.2, 0.25) is 5.95 Å². The van der Waals surface area contributed by atoms with Crippen molar-refractivity contribution >= 4 is 17.5 Å². The van der Waals surface area contributed by atoms with Crippen LogP contribution >= 0.6 is 0 Å². The van der Waals surface area contributed by atoms with Crippen LogP contribution in [0.25, 0.3) is 0 Å². The predicted molar refractivity (Wildman–Crippen MR) is 71.5 cm³/mol. The first-order valence-electron chi connectivity index (χ1n) is 6.11. The molecule has 3 rings (SSSR count). The Morgan fingerprint density at radius 2 is 2.11 bits per heavy atom. The van der Waals surface area contributed by atoms with Gasteiger partial charge in [0, 0.05) is 25.1 Å². The molecule has 0 aliphatic carbocycles. The Labute approximate surface area is 110 Å². The summed E-state index contributed by atoms with van der Waals surface area (Å²) in [5.74, 6) is 0.434. The maximum absolute atomic E-state index is 13.6. The third-order valence-electron chi connectivity index (χ3n) is 3.09. The smallest absolute Gasteiger partial charge is 0.229 e. The van der Waals surface area contributed by atoms with Crippen molar-refractivity contribution in [3.8, 4) is 0 Å². The van der Waals surface area contributed by atoms with Crippen LogP contribution in [0.15, 0.2) is 24.3 Å². The van der Waals surface area contributed by atoms with E-state index in [9.17, 15) is 4.39 Å². The summed E-state index contributed by atoms with van der Waals surface area (Å²) in [6, 6.07) is 6.40. The maximum Gasteiger partial charge on any atom is 0.229 e. The van der Waals surface area contributed by atoms with Gasteiger partial charge < -0.3 is 16.4 Å². The Hall–Kier alpha value is -2.21. The molecule has 2 aromatic rings. The molecule has 0 saturated carbocycles. The number of hydrogen-bond acceptors (Lipinski definition) is 5. The fourth-order valence-corrected chi connectivity index (χ4v) is 2.11. The first-order valence-corrected chi connectivity index (χ1v) is 6.11. The molecular formula is C13H14FN5. The summed E-state index contributed by atoms with van der Waals surface area (Å²) in [6.45, 7) is 1.55. The van der Waals surface area contributed by atoms with Crippen LogP contribution in [0.2, 0.25) is 0 Å². The average molecular weight is 259 g/mol. The molecule has 2 heterocycles. The van der Waals surface area contributed by atoms with Crippen LogP contribution in [0.3, 0.4) is 0 Å². The lowest BCUT2D eigenvalue weighted by atomic mass is 10.1. The fourth-order valence-electron chi connectivity index (χ4n) is 2.11. The SMILES string of the molecule is Nc1nc(Nc2ccccc2F)nc2c1CNCC2. The summed E-state index contributed by atoms with van der Waals surface area (Å²) in [4.78, 5) is 8.57. The Morgan fingerprint density at radius 3 is 2.95 bits per heavy atom. The average Bonchev–Trinajstić information content (AvgIpc) is 2.42. The van der Waals surface area contributed by atoms with Crippen LogP contribution in [0.4, 0.5) is 21.8 Å². The molecule has 0 spiro atoms. The minimum absolute atomic E-state index is 0.336. The number of rotatable bonds is 2. The number of nitrogen functional groups attached to an aromatic ring is 1. The highest BCUT2D eigenvalue weighted by atomic mass is 19.1. The van der Waals surface area contributed by atoms with Crippen LogP contribution in [0, 0.1) is 5.82 Å². The molecular weight excluding hydrogens is 245 g/mol. The summed E-state index contributed by atoms with van der Waals surface area (Å²) in [7, 11) is 0. The van der Waals surface area contributed by atoms with Crippen molar-refractivity contribution in [2.75, 3.05) is 17.6 Å². The molecule has 1 aliphatic rings. The zero-order valence-corrected chi connectivity index (χ0v) is 10.3. The molecule has 6 heteroatoms. The molecule has 0 fully saturated rings. The Bertz CT molecular complexity index is 614. The highest BCUT2D eigenvalue weighted by molar-refractivity contribution is 5.57. The molecule has 1 aliphatic heterocycles. The number of benzene rings is 1. The second kappa shape index (κ2) is 4.81. The van der Waals surface area contributed by atoms with E-state index in [0.29, 0.717) is 24.0 Å². The Balaban J connectivity index is 1.94. The number of aromatic nitrogens is 2. The lowest BCUT2D eigenvalue weighted by Gasteiger charge is -2.18. The first-order chi connectivity index (χ1) is 9.24. The summed E-state index contributed by atoms with van der Waals surface area (Å²) in [6.07, 6.45) is 0.800. The second-order valence-electron chi connectivity index (χ2n) is 4.39. The monoisotopic (exact) mass is 259 g/mol. The summed E-state index contributed by atoms with van der Waals surface area (Å²) in [5.41, 5.74) is 8.11. The Kier molecular flexibility index (Phi) is 3.00. The van der Waals surface area contributed by atoms with Crippen molar-refractivity contribution in [1.29, 1.82) is 0 Å². The van der Waals surface area contributed by atoms with Gasteiger partial charge in [-0.15, -0.1) is 0 Å². The van der Waals surface area contributed by atoms with Gasteiger partial charge >= 0.3 is 0 Å². The van der Waals surface area contributed by atoms with Crippen LogP contribution in [0.5, 0.6) is 0 Å². The van der Waals surface area contributed by atoms with Gasteiger partial charge in [-0.2, -0.15) is 4.98 Å². The van der Waals surface area contributed by atoms with E-state index < -0.39 is 0 Å². The lowest BCUT2D eigenvalue weighted by molar-refractivity contribution is 0.626. The number of nitrogens with two attached hydrogens (primary N) is 1. The first kappa shape index (κ1) is 11.9. The van der Waals surface area contributed by atoms with E-state index in [1.54, 1.807) is 18.2 Å². The molecule has 0 radical (unpaired) electrons. The maximum atomic E-state index is 13.6. The van der Waals surface area contributed by atoms with Gasteiger partial charge in [0.15, 0.2) is 0 Å². The van der Waals surface area contributed by atoms with Crippen molar-refractivity contribution < 1.29 is 4.39 Å². The predicted octanol–water partition coefficient (Wildman–Crippen LogP) is 1.59. The summed E-state index contributed by atoms with van der Waals surface area (Å²) < 4.78 is 13.6. The van der Waals surface area contributed by atoms with Gasteiger partial charge in [0.25, 0.3) is 0 Å². The van der Waals surface area contributed by atoms with E-state index in [-0.39, 0.29) is 5.82 Å². The van der Waals surface area contributed by atoms with Crippen molar-refractivity contribution in [3.05, 3.63) is 41.3 Å². The van der Waals surface area contributed by atoms with E-state index in [2.05, 4.69) is 20.6 Å². The van der Waals surface area contributed by atoms with E-state index in [4.69, 9.17) is 5.73 Å². The minimum atomic E-state index is -0.343. The zero-order valence-electron chi connectivity index (χ0n) is 10.3. The molecule has 0 atom stereocenters. The number of fused-ring (bicyclic) bond motifs is 1. The van der Waals surface area contributed by atoms with Gasteiger partial charge in [-0.05, 0) is 12.1 Å². The molecule has 4 N–H and O–H groups in total. The standard InChI is InChI=1S/C13H14FN5/c14-9-3-1-2-4-11(9)18-13-17-10-5-6-16-7-8(10)12(15)19-13/h1-4,16H,5-7H2,(H3,15,17,18,19). The quantitative estimate of drug-likeness (QED) is 0.763. The van der Waals surface area contributed by atoms with Crippen LogP contribution in [-0.4, -0.2) is 16.5 Å². The third-order valence-corrected chi connectivity index (χ3v) is 3.09. The van der Waals surface area contributed by atoms with Gasteiger partial charge in [-0.3, -0.25) is 0 Å². The van der Waals surface area contributed by atoms with E-state index in [1.807, 2.05) is 0 Å². The largest absolute Gasteiger partial charge is 0.383 e. The number of para-hydroxylation sites is 1. The van der Waals surface area contributed by atoms with E-state index >= 15 is 0 Å². The van der Waals surface area contributed by atoms with Gasteiger partial charge in [-0.25, -0.2) is 9.37 Å². The summed E-state index contributed by atoms with van der Waals surface area (Å²) >= 11 is 0. The molecule has 1 aromatic carbocycles. The number of hydrogen-bond donors (Lipinski definition) is 3. The van der Waals surface area contributed by atoms with Gasteiger partial charge in [0.05, 0.1) is 11.4 Å². The lowest BCUT2D eigenvalue weighted by Crippen LogP contribution is -2.26. The third kappa shape index (κ3) is 2.34. The normalized spacial score (nSPS) is 13.9. The molecule has 5 nitrogen and oxygen atoms in total. The van der Waals surface area contributed by atoms with Crippen molar-refractivity contribution in [2.24, 2.45) is 0 Å². The second-order valence-corrected chi connectivity index (χ2v) is 4.39. The van der Waals surface area contributed by atoms with Crippen LogP contribution in [0.1, 0.15) is 11.3 Å². The van der Waals surface area contributed by atoms with Gasteiger partial charge in [0.1, 0.15) is 11.6 Å². The highest BCUT2D eigenvalue weighted by Gasteiger charge is 2.16. The molecule has 19 heavy (non-hydrogen) atoms. The molecule has 0 saturated heterocycles. The number of nitrogens with zero attached hydrogens (tertiary/aromatic N) is 2. The topological polar surface area (TPSA) is 75.9 Å². The minimum Gasteiger partial charge on any atom is -0.383 e. The van der Waals surface area contributed by atoms with Crippen LogP contribution < -0.4 is 16.4 Å². The van der Waals surface area contributed by atoms with Crippen molar-refractivity contribution in [3.63, 3.8) is 0 Å². The van der Waals surface area contributed by atoms with Gasteiger partial charge in [-0.1, -0.05) is 12.1 Å². The van der Waals surface area contributed by atoms with Crippen molar-refractivity contribution in [2.45, 2.75) is 13.0 Å². The fraction of sp³-hybridized carbons (Fsp3) is 0.231. The highest BCUT2D eigenvalue weighted by Crippen LogP contribution is 2.22.